The third-order valence-corrected chi connectivity index (χ3v) is 10.6. The maximum Gasteiger partial charge on any atom is 0.263 e. The number of hydrogen-bond donors (Lipinski definition) is 1. The Bertz CT molecular complexity index is 1480. The third-order valence-electron chi connectivity index (χ3n) is 6.41. The first-order valence-corrected chi connectivity index (χ1v) is 14.1. The first-order chi connectivity index (χ1) is 18.4. The van der Waals surface area contributed by atoms with Gasteiger partial charge in [-0.25, -0.2) is 0 Å². The molecule has 0 saturated heterocycles. The lowest BCUT2D eigenvalue weighted by Gasteiger charge is -2.25. The van der Waals surface area contributed by atoms with Gasteiger partial charge in [-0.1, -0.05) is 91.0 Å². The van der Waals surface area contributed by atoms with Gasteiger partial charge in [-0.3, -0.25) is 0 Å². The van der Waals surface area contributed by atoms with E-state index in [-0.39, 0.29) is 12.4 Å². The number of anilines is 2. The largest absolute Gasteiger partial charge is 1.00 e. The zero-order chi connectivity index (χ0) is 24.9. The van der Waals surface area contributed by atoms with Crippen LogP contribution in [-0.4, -0.2) is 4.98 Å². The molecule has 38 heavy (non-hydrogen) atoms. The molecule has 1 N–H and O–H groups in total. The zero-order valence-electron chi connectivity index (χ0n) is 20.6. The van der Waals surface area contributed by atoms with Gasteiger partial charge < -0.3 is 22.1 Å². The van der Waals surface area contributed by atoms with E-state index in [2.05, 4.69) is 96.3 Å². The van der Waals surface area contributed by atoms with Crippen molar-refractivity contribution < 1.29 is 16.8 Å². The summed E-state index contributed by atoms with van der Waals surface area (Å²) in [5, 5.41) is 7.23. The van der Waals surface area contributed by atoms with E-state index in [1.165, 1.54) is 15.9 Å². The van der Waals surface area contributed by atoms with Crippen molar-refractivity contribution in [1.29, 1.82) is 0 Å². The molecule has 0 amide bonds. The number of benzene rings is 5. The minimum Gasteiger partial charge on any atom is -1.00 e. The van der Waals surface area contributed by atoms with Crippen molar-refractivity contribution in [3.63, 3.8) is 0 Å². The number of aromatic nitrogens is 1. The molecule has 186 valence electrons. The van der Waals surface area contributed by atoms with Crippen molar-refractivity contribution >= 4 is 40.2 Å². The van der Waals surface area contributed by atoms with Gasteiger partial charge in [0.05, 0.1) is 0 Å². The summed E-state index contributed by atoms with van der Waals surface area (Å²) in [5.74, 6) is 1.26. The average molecular weight is 533 g/mol. The Kier molecular flexibility index (Phi) is 7.70. The van der Waals surface area contributed by atoms with Gasteiger partial charge in [0.25, 0.3) is 11.3 Å². The number of nitrogens with zero attached hydrogens (tertiary/aromatic N) is 1. The van der Waals surface area contributed by atoms with Crippen LogP contribution < -0.4 is 39.1 Å². The summed E-state index contributed by atoms with van der Waals surface area (Å²) < 4.78 is 6.58. The van der Waals surface area contributed by atoms with Crippen molar-refractivity contribution in [2.45, 2.75) is 0 Å². The summed E-state index contributed by atoms with van der Waals surface area (Å²) in [6.45, 7) is 0. The van der Waals surface area contributed by atoms with Crippen molar-refractivity contribution in [3.8, 4) is 11.5 Å². The number of rotatable bonds is 7. The van der Waals surface area contributed by atoms with Crippen molar-refractivity contribution in [3.05, 3.63) is 152 Å². The quantitative estimate of drug-likeness (QED) is 0.319. The van der Waals surface area contributed by atoms with Gasteiger partial charge in [-0.05, 0) is 60.7 Å². The van der Waals surface area contributed by atoms with Gasteiger partial charge in [0.2, 0.25) is 5.89 Å². The number of halogens is 1. The number of hydrogen-bond acceptors (Lipinski definition) is 3. The van der Waals surface area contributed by atoms with Crippen LogP contribution in [0.1, 0.15) is 0 Å². The highest BCUT2D eigenvalue weighted by molar-refractivity contribution is 8.01. The van der Waals surface area contributed by atoms with Gasteiger partial charge in [-0.2, -0.15) is 4.98 Å². The first-order valence-electron chi connectivity index (χ1n) is 12.3. The minimum atomic E-state index is -2.45. The lowest BCUT2D eigenvalue weighted by atomic mass is 10.2. The molecule has 3 nitrogen and oxygen atoms in total. The summed E-state index contributed by atoms with van der Waals surface area (Å²) in [5.41, 5.74) is 2.81. The van der Waals surface area contributed by atoms with E-state index >= 15 is 0 Å². The van der Waals surface area contributed by atoms with Gasteiger partial charge in [0.15, 0.2) is 7.26 Å². The van der Waals surface area contributed by atoms with E-state index in [9.17, 15) is 0 Å². The Morgan fingerprint density at radius 1 is 0.500 bits per heavy atom. The van der Waals surface area contributed by atoms with Crippen LogP contribution in [0.3, 0.4) is 0 Å². The van der Waals surface area contributed by atoms with E-state index in [4.69, 9.17) is 9.40 Å². The van der Waals surface area contributed by atoms with E-state index in [0.717, 1.165) is 16.7 Å². The standard InChI is InChI=1S/C33H26N2OP.ClH/c1-6-16-26(17-7-1)31-35-33(32(36-31)34-27-18-8-2-9-19-27)37(28-20-10-3-11-21-28,29-22-12-4-13-23-29)30-24-14-5-15-25-30;/h1-25,34H;1H/q+1;/p-1. The monoisotopic (exact) mass is 532 g/mol. The fourth-order valence-corrected chi connectivity index (χ4v) is 8.88. The predicted octanol–water partition coefficient (Wildman–Crippen LogP) is 3.71. The molecule has 0 aliphatic rings. The van der Waals surface area contributed by atoms with Crippen LogP contribution in [0.15, 0.2) is 156 Å². The number of nitrogens with one attached hydrogen (secondary N) is 1. The highest BCUT2D eigenvalue weighted by Crippen LogP contribution is 2.56. The molecule has 5 heteroatoms. The van der Waals surface area contributed by atoms with Gasteiger partial charge in [-0.15, -0.1) is 0 Å². The molecule has 1 heterocycles. The molecule has 0 atom stereocenters. The third kappa shape index (κ3) is 4.75. The second-order valence-corrected chi connectivity index (χ2v) is 12.0. The molecule has 6 rings (SSSR count). The van der Waals surface area contributed by atoms with Crippen molar-refractivity contribution in [2.75, 3.05) is 5.32 Å². The molecule has 1 aromatic heterocycles. The normalized spacial score (nSPS) is 10.9. The molecule has 5 aromatic carbocycles. The molecule has 0 bridgehead atoms. The van der Waals surface area contributed by atoms with Crippen LogP contribution in [0.4, 0.5) is 11.6 Å². The highest BCUT2D eigenvalue weighted by Gasteiger charge is 2.53. The van der Waals surface area contributed by atoms with Crippen molar-refractivity contribution in [1.82, 2.24) is 4.98 Å². The molecule has 0 aliphatic carbocycles. The molecule has 0 spiro atoms. The number of para-hydroxylation sites is 1. The van der Waals surface area contributed by atoms with E-state index in [1.54, 1.807) is 0 Å². The van der Waals surface area contributed by atoms with E-state index in [0.29, 0.717) is 11.8 Å². The Labute approximate surface area is 230 Å². The Hall–Kier alpha value is -4.17. The lowest BCUT2D eigenvalue weighted by Crippen LogP contribution is -3.00. The topological polar surface area (TPSA) is 38.1 Å². The Morgan fingerprint density at radius 3 is 1.34 bits per heavy atom. The summed E-state index contributed by atoms with van der Waals surface area (Å²) in [6.07, 6.45) is 0. The van der Waals surface area contributed by atoms with Crippen LogP contribution in [0.25, 0.3) is 11.5 Å². The molecular formula is C33H26ClN2OP. The Morgan fingerprint density at radius 2 is 0.895 bits per heavy atom. The molecule has 6 aromatic rings. The Balaban J connectivity index is 0.00000294. The van der Waals surface area contributed by atoms with Crippen LogP contribution in [0.5, 0.6) is 0 Å². The SMILES string of the molecule is [Cl-].c1ccc(Nc2oc(-c3ccccc3)nc2[P+](c2ccccc2)(c2ccccc2)c2ccccc2)cc1. The predicted molar refractivity (Wildman–Crippen MR) is 156 cm³/mol. The summed E-state index contributed by atoms with van der Waals surface area (Å²) >= 11 is 0. The van der Waals surface area contributed by atoms with Gasteiger partial charge >= 0.3 is 0 Å². The second kappa shape index (κ2) is 11.5. The molecule has 0 fully saturated rings. The summed E-state index contributed by atoms with van der Waals surface area (Å²) in [7, 11) is -2.45. The summed E-state index contributed by atoms with van der Waals surface area (Å²) in [6, 6.07) is 52.4. The maximum absolute atomic E-state index is 6.58. The van der Waals surface area contributed by atoms with Crippen LogP contribution in [0, 0.1) is 0 Å². The minimum absolute atomic E-state index is 0. The molecular weight excluding hydrogens is 507 g/mol. The van der Waals surface area contributed by atoms with Crippen LogP contribution in [-0.2, 0) is 0 Å². The summed E-state index contributed by atoms with van der Waals surface area (Å²) in [4.78, 5) is 5.30. The average Bonchev–Trinajstić information content (AvgIpc) is 3.40. The highest BCUT2D eigenvalue weighted by atomic mass is 35.5. The molecule has 0 radical (unpaired) electrons. The zero-order valence-corrected chi connectivity index (χ0v) is 22.3. The smallest absolute Gasteiger partial charge is 0.263 e. The van der Waals surface area contributed by atoms with E-state index in [1.807, 2.05) is 60.7 Å². The number of oxazole rings is 1. The first kappa shape index (κ1) is 25.5. The molecule has 0 saturated carbocycles. The maximum atomic E-state index is 6.58. The van der Waals surface area contributed by atoms with E-state index < -0.39 is 7.26 Å². The molecule has 0 unspecified atom stereocenters. The van der Waals surface area contributed by atoms with Gasteiger partial charge in [0, 0.05) is 11.3 Å². The lowest BCUT2D eigenvalue weighted by molar-refractivity contribution is -0.00000766. The fourth-order valence-electron chi connectivity index (χ4n) is 4.75. The van der Waals surface area contributed by atoms with Crippen LogP contribution >= 0.6 is 7.26 Å². The van der Waals surface area contributed by atoms with Crippen molar-refractivity contribution in [2.24, 2.45) is 0 Å². The van der Waals surface area contributed by atoms with Gasteiger partial charge in [0.1, 0.15) is 15.9 Å². The molecule has 0 aliphatic heterocycles. The van der Waals surface area contributed by atoms with Crippen LogP contribution in [0.2, 0.25) is 0 Å². The fraction of sp³-hybridized carbons (Fsp3) is 0. The second-order valence-electron chi connectivity index (χ2n) is 8.71.